The number of nitro groups is 1. The van der Waals surface area contributed by atoms with Crippen LogP contribution in [-0.4, -0.2) is 25.0 Å². The van der Waals surface area contributed by atoms with E-state index in [0.29, 0.717) is 5.56 Å². The Morgan fingerprint density at radius 3 is 2.22 bits per heavy atom. The number of rotatable bonds is 6. The first kappa shape index (κ1) is 17.1. The highest BCUT2D eigenvalue weighted by Crippen LogP contribution is 2.21. The van der Waals surface area contributed by atoms with Crippen molar-refractivity contribution < 1.29 is 18.4 Å². The number of benzene rings is 2. The maximum atomic E-state index is 12.2. The topological polar surface area (TPSA) is 110 Å². The summed E-state index contributed by atoms with van der Waals surface area (Å²) in [5, 5.41) is 21.0. The monoisotopic (exact) mass is 336 g/mol. The minimum Gasteiger partial charge on any atom is -0.384 e. The zero-order valence-electron chi connectivity index (χ0n) is 12.3. The van der Waals surface area contributed by atoms with Crippen molar-refractivity contribution in [2.24, 2.45) is 0 Å². The normalized spacial score (nSPS) is 14.2. The minimum absolute atomic E-state index is 0.105. The summed E-state index contributed by atoms with van der Waals surface area (Å²) in [6, 6.07) is 13.2. The van der Waals surface area contributed by atoms with Crippen LogP contribution in [0, 0.1) is 10.1 Å². The second-order valence-electron chi connectivity index (χ2n) is 5.22. The van der Waals surface area contributed by atoms with Crippen LogP contribution in [0.5, 0.6) is 0 Å². The van der Waals surface area contributed by atoms with Gasteiger partial charge in [0, 0.05) is 18.7 Å². The van der Waals surface area contributed by atoms with Crippen LogP contribution < -0.4 is 4.72 Å². The lowest BCUT2D eigenvalue weighted by molar-refractivity contribution is -0.384. The molecule has 0 amide bonds. The summed E-state index contributed by atoms with van der Waals surface area (Å²) in [6.45, 7) is 1.27. The van der Waals surface area contributed by atoms with Crippen LogP contribution in [0.1, 0.15) is 12.5 Å². The Labute approximate surface area is 133 Å². The standard InChI is InChI=1S/C15H16N2O5S/c1-15(18,12-5-3-2-4-6-12)11-16-23(21,22)14-9-7-13(8-10-14)17(19)20/h2-10,16,18H,11H2,1H3. The molecule has 1 atom stereocenters. The third-order valence-electron chi connectivity index (χ3n) is 3.36. The first-order valence-corrected chi connectivity index (χ1v) is 8.23. The Morgan fingerprint density at radius 1 is 1.13 bits per heavy atom. The van der Waals surface area contributed by atoms with Gasteiger partial charge in [0.05, 0.1) is 9.82 Å². The molecular formula is C15H16N2O5S. The molecule has 0 saturated carbocycles. The molecule has 0 radical (unpaired) electrons. The number of hydrogen-bond donors (Lipinski definition) is 2. The number of sulfonamides is 1. The summed E-state index contributed by atoms with van der Waals surface area (Å²) in [5.41, 5.74) is -0.999. The van der Waals surface area contributed by atoms with Crippen LogP contribution in [0.25, 0.3) is 0 Å². The van der Waals surface area contributed by atoms with E-state index in [1.54, 1.807) is 30.3 Å². The van der Waals surface area contributed by atoms with E-state index in [1.807, 2.05) is 0 Å². The molecule has 0 saturated heterocycles. The van der Waals surface area contributed by atoms with Crippen molar-refractivity contribution in [1.82, 2.24) is 4.72 Å². The van der Waals surface area contributed by atoms with Crippen molar-refractivity contribution in [2.45, 2.75) is 17.4 Å². The van der Waals surface area contributed by atoms with Crippen LogP contribution >= 0.6 is 0 Å². The molecule has 7 nitrogen and oxygen atoms in total. The lowest BCUT2D eigenvalue weighted by Crippen LogP contribution is -2.38. The number of non-ortho nitro benzene ring substituents is 1. The lowest BCUT2D eigenvalue weighted by atomic mass is 9.97. The quantitative estimate of drug-likeness (QED) is 0.617. The zero-order chi connectivity index (χ0) is 17.1. The first-order chi connectivity index (χ1) is 10.7. The molecule has 122 valence electrons. The molecule has 23 heavy (non-hydrogen) atoms. The number of aliphatic hydroxyl groups is 1. The fraction of sp³-hybridized carbons (Fsp3) is 0.200. The van der Waals surface area contributed by atoms with Crippen LogP contribution in [0.15, 0.2) is 59.5 Å². The van der Waals surface area contributed by atoms with Crippen LogP contribution in [0.2, 0.25) is 0 Å². The van der Waals surface area contributed by atoms with E-state index in [4.69, 9.17) is 0 Å². The summed E-state index contributed by atoms with van der Waals surface area (Å²) >= 11 is 0. The van der Waals surface area contributed by atoms with Gasteiger partial charge in [-0.05, 0) is 24.6 Å². The Balaban J connectivity index is 2.14. The molecule has 1 unspecified atom stereocenters. The van der Waals surface area contributed by atoms with E-state index < -0.39 is 20.5 Å². The van der Waals surface area contributed by atoms with E-state index in [-0.39, 0.29) is 17.1 Å². The zero-order valence-corrected chi connectivity index (χ0v) is 13.2. The SMILES string of the molecule is CC(O)(CNS(=O)(=O)c1ccc([N+](=O)[O-])cc1)c1ccccc1. The van der Waals surface area contributed by atoms with Gasteiger partial charge in [0.2, 0.25) is 10.0 Å². The van der Waals surface area contributed by atoms with E-state index >= 15 is 0 Å². The largest absolute Gasteiger partial charge is 0.384 e. The predicted molar refractivity (Wildman–Crippen MR) is 84.3 cm³/mol. The summed E-state index contributed by atoms with van der Waals surface area (Å²) in [7, 11) is -3.88. The second kappa shape index (κ2) is 6.45. The molecule has 2 N–H and O–H groups in total. The molecule has 0 aromatic heterocycles. The summed E-state index contributed by atoms with van der Waals surface area (Å²) in [6.07, 6.45) is 0. The van der Waals surface area contributed by atoms with Crippen molar-refractivity contribution in [3.05, 3.63) is 70.3 Å². The van der Waals surface area contributed by atoms with Crippen molar-refractivity contribution >= 4 is 15.7 Å². The molecule has 2 aromatic rings. The molecule has 0 aliphatic carbocycles. The molecule has 0 aliphatic heterocycles. The van der Waals surface area contributed by atoms with Gasteiger partial charge in [0.15, 0.2) is 0 Å². The van der Waals surface area contributed by atoms with E-state index in [2.05, 4.69) is 4.72 Å². The highest BCUT2D eigenvalue weighted by Gasteiger charge is 2.26. The summed E-state index contributed by atoms with van der Waals surface area (Å²) < 4.78 is 26.7. The maximum absolute atomic E-state index is 12.2. The third-order valence-corrected chi connectivity index (χ3v) is 4.78. The molecule has 0 heterocycles. The van der Waals surface area contributed by atoms with E-state index in [9.17, 15) is 23.6 Å². The van der Waals surface area contributed by atoms with Gasteiger partial charge in [-0.1, -0.05) is 30.3 Å². The average molecular weight is 336 g/mol. The molecule has 8 heteroatoms. The van der Waals surface area contributed by atoms with Crippen LogP contribution in [0.4, 0.5) is 5.69 Å². The van der Waals surface area contributed by atoms with Crippen molar-refractivity contribution in [1.29, 1.82) is 0 Å². The van der Waals surface area contributed by atoms with Gasteiger partial charge >= 0.3 is 0 Å². The highest BCUT2D eigenvalue weighted by molar-refractivity contribution is 7.89. The predicted octanol–water partition coefficient (Wildman–Crippen LogP) is 1.78. The Hall–Kier alpha value is -2.29. The molecule has 2 rings (SSSR count). The van der Waals surface area contributed by atoms with Crippen LogP contribution in [-0.2, 0) is 15.6 Å². The maximum Gasteiger partial charge on any atom is 0.269 e. The summed E-state index contributed by atoms with van der Waals surface area (Å²) in [5.74, 6) is 0. The Kier molecular flexibility index (Phi) is 4.79. The van der Waals surface area contributed by atoms with Gasteiger partial charge in [0.1, 0.15) is 5.60 Å². The van der Waals surface area contributed by atoms with E-state index in [1.165, 1.54) is 6.92 Å². The smallest absolute Gasteiger partial charge is 0.269 e. The van der Waals surface area contributed by atoms with Crippen molar-refractivity contribution in [3.8, 4) is 0 Å². The average Bonchev–Trinajstić information content (AvgIpc) is 2.54. The molecular weight excluding hydrogens is 320 g/mol. The Bertz CT molecular complexity index is 786. The first-order valence-electron chi connectivity index (χ1n) is 6.74. The molecule has 0 aliphatic rings. The number of nitro benzene ring substituents is 1. The van der Waals surface area contributed by atoms with Gasteiger partial charge in [-0.15, -0.1) is 0 Å². The number of nitrogens with one attached hydrogen (secondary N) is 1. The lowest BCUT2D eigenvalue weighted by Gasteiger charge is -2.24. The molecule has 0 fully saturated rings. The molecule has 2 aromatic carbocycles. The molecule has 0 bridgehead atoms. The summed E-state index contributed by atoms with van der Waals surface area (Å²) in [4.78, 5) is 9.87. The van der Waals surface area contributed by atoms with Gasteiger partial charge in [-0.25, -0.2) is 13.1 Å². The highest BCUT2D eigenvalue weighted by atomic mass is 32.2. The molecule has 0 spiro atoms. The van der Waals surface area contributed by atoms with E-state index in [0.717, 1.165) is 24.3 Å². The van der Waals surface area contributed by atoms with Gasteiger partial charge in [-0.2, -0.15) is 0 Å². The third kappa shape index (κ3) is 4.13. The number of nitrogens with zero attached hydrogens (tertiary/aromatic N) is 1. The van der Waals surface area contributed by atoms with Gasteiger partial charge in [-0.3, -0.25) is 10.1 Å². The van der Waals surface area contributed by atoms with Crippen LogP contribution in [0.3, 0.4) is 0 Å². The fourth-order valence-corrected chi connectivity index (χ4v) is 3.10. The van der Waals surface area contributed by atoms with Gasteiger partial charge < -0.3 is 5.11 Å². The van der Waals surface area contributed by atoms with Gasteiger partial charge in [0.25, 0.3) is 5.69 Å². The van der Waals surface area contributed by atoms with Crippen molar-refractivity contribution in [3.63, 3.8) is 0 Å². The second-order valence-corrected chi connectivity index (χ2v) is 6.98. The minimum atomic E-state index is -3.88. The Morgan fingerprint density at radius 2 is 1.70 bits per heavy atom. The fourth-order valence-electron chi connectivity index (χ4n) is 1.97. The van der Waals surface area contributed by atoms with Crippen molar-refractivity contribution in [2.75, 3.05) is 6.54 Å². The number of hydrogen-bond acceptors (Lipinski definition) is 5.